The van der Waals surface area contributed by atoms with Crippen LogP contribution in [0.3, 0.4) is 0 Å². The number of carbonyl (C=O) groups is 2. The second kappa shape index (κ2) is 7.72. The largest absolute Gasteiger partial charge is 0.421 e. The molecule has 1 aliphatic carbocycles. The normalized spacial score (nSPS) is 25.6. The molecule has 1 atom stereocenters. The lowest BCUT2D eigenvalue weighted by Gasteiger charge is -2.47. The maximum atomic E-state index is 12.1. The van der Waals surface area contributed by atoms with Crippen molar-refractivity contribution in [3.63, 3.8) is 0 Å². The van der Waals surface area contributed by atoms with Crippen LogP contribution < -0.4 is 0 Å². The third-order valence-electron chi connectivity index (χ3n) is 6.32. The van der Waals surface area contributed by atoms with E-state index in [0.717, 1.165) is 18.4 Å². The second-order valence-electron chi connectivity index (χ2n) is 8.28. The third-order valence-corrected chi connectivity index (χ3v) is 6.32. The lowest BCUT2D eigenvalue weighted by atomic mass is 9.71. The minimum Gasteiger partial charge on any atom is -0.400 e. The van der Waals surface area contributed by atoms with Crippen LogP contribution in [0.1, 0.15) is 55.8 Å². The fourth-order valence-electron chi connectivity index (χ4n) is 4.52. The Morgan fingerprint density at radius 1 is 1.16 bits per heavy atom. The second-order valence-corrected chi connectivity index (χ2v) is 8.28. The van der Waals surface area contributed by atoms with Gasteiger partial charge in [0.05, 0.1) is 18.4 Å². The summed E-state index contributed by atoms with van der Waals surface area (Å²) >= 11 is 0. The van der Waals surface area contributed by atoms with Crippen LogP contribution in [0.2, 0.25) is 0 Å². The summed E-state index contributed by atoms with van der Waals surface area (Å²) in [6.45, 7) is 3.85. The van der Waals surface area contributed by atoms with Crippen molar-refractivity contribution in [2.75, 3.05) is 26.3 Å². The summed E-state index contributed by atoms with van der Waals surface area (Å²) in [6.07, 6.45) is 2.91. The molecule has 1 unspecified atom stereocenters. The van der Waals surface area contributed by atoms with E-state index >= 15 is 0 Å². The van der Waals surface area contributed by atoms with Gasteiger partial charge in [-0.25, -0.2) is 14.5 Å². The van der Waals surface area contributed by atoms with Gasteiger partial charge in [0.25, 0.3) is 0 Å². The summed E-state index contributed by atoms with van der Waals surface area (Å²) in [4.78, 5) is 30.8. The van der Waals surface area contributed by atoms with Gasteiger partial charge in [-0.15, -0.1) is 0 Å². The molecule has 0 radical (unpaired) electrons. The molecule has 1 saturated carbocycles. The maximum absolute atomic E-state index is 12.1. The van der Waals surface area contributed by atoms with Crippen LogP contribution in [0.15, 0.2) is 34.9 Å². The first-order chi connectivity index (χ1) is 15.1. The zero-order valence-corrected chi connectivity index (χ0v) is 17.4. The molecular weight excluding hydrogens is 402 g/mol. The molecule has 1 aromatic carbocycles. The monoisotopic (exact) mass is 427 g/mol. The van der Waals surface area contributed by atoms with E-state index in [1.807, 2.05) is 42.2 Å². The first kappa shape index (κ1) is 20.1. The molecule has 9 heteroatoms. The van der Waals surface area contributed by atoms with Crippen LogP contribution in [0.4, 0.5) is 0 Å². The highest BCUT2D eigenvalue weighted by molar-refractivity contribution is 6.31. The molecule has 31 heavy (non-hydrogen) atoms. The molecule has 5 rings (SSSR count). The summed E-state index contributed by atoms with van der Waals surface area (Å²) in [5.74, 6) is -2.01. The number of likely N-dealkylation sites (tertiary alicyclic amines) is 1. The van der Waals surface area contributed by atoms with Crippen molar-refractivity contribution in [2.24, 2.45) is 0 Å². The number of ether oxygens (including phenoxy) is 3. The summed E-state index contributed by atoms with van der Waals surface area (Å²) in [6, 6.07) is 9.79. The SMILES string of the molecule is CCOCCN1CCC(c2ccccc2)(c2nc(C3CC3)no2)CC12OC(=O)C(=O)O2. The van der Waals surface area contributed by atoms with Crippen molar-refractivity contribution in [2.45, 2.75) is 49.9 Å². The van der Waals surface area contributed by atoms with E-state index < -0.39 is 23.3 Å². The van der Waals surface area contributed by atoms with Gasteiger partial charge in [-0.3, -0.25) is 0 Å². The Morgan fingerprint density at radius 2 is 1.90 bits per heavy atom. The first-order valence-corrected chi connectivity index (χ1v) is 10.7. The number of benzene rings is 1. The average Bonchev–Trinajstić information content (AvgIpc) is 3.44. The molecule has 0 amide bonds. The van der Waals surface area contributed by atoms with Crippen molar-refractivity contribution >= 4 is 11.9 Å². The van der Waals surface area contributed by atoms with E-state index in [2.05, 4.69) is 5.16 Å². The number of carbonyl (C=O) groups excluding carboxylic acids is 2. The van der Waals surface area contributed by atoms with Crippen molar-refractivity contribution < 1.29 is 28.3 Å². The number of aromatic nitrogens is 2. The lowest BCUT2D eigenvalue weighted by molar-refractivity contribution is -0.275. The van der Waals surface area contributed by atoms with Crippen LogP contribution in [-0.2, 0) is 29.2 Å². The van der Waals surface area contributed by atoms with Gasteiger partial charge in [0.1, 0.15) is 0 Å². The van der Waals surface area contributed by atoms with Crippen LogP contribution in [0, 0.1) is 0 Å². The molecule has 2 saturated heterocycles. The van der Waals surface area contributed by atoms with Gasteiger partial charge in [0, 0.05) is 25.6 Å². The molecule has 9 nitrogen and oxygen atoms in total. The van der Waals surface area contributed by atoms with Crippen molar-refractivity contribution in [3.05, 3.63) is 47.6 Å². The van der Waals surface area contributed by atoms with Crippen molar-refractivity contribution in [3.8, 4) is 0 Å². The fraction of sp³-hybridized carbons (Fsp3) is 0.545. The smallest absolute Gasteiger partial charge is 0.400 e. The van der Waals surface area contributed by atoms with E-state index in [-0.39, 0.29) is 6.42 Å². The molecule has 164 valence electrons. The molecule has 3 aliphatic rings. The van der Waals surface area contributed by atoms with E-state index in [1.165, 1.54) is 0 Å². The van der Waals surface area contributed by atoms with Gasteiger partial charge in [0.2, 0.25) is 5.89 Å². The Bertz CT molecular complexity index is 957. The highest BCUT2D eigenvalue weighted by Crippen LogP contribution is 2.50. The molecule has 1 spiro atoms. The standard InChI is InChI=1S/C22H25N3O6/c1-2-28-13-12-25-11-10-21(16-6-4-3-5-7-16,14-22(25)29-18(26)19(27)30-22)20-23-17(24-31-20)15-8-9-15/h3-7,15H,2,8-14H2,1H3. The topological polar surface area (TPSA) is 104 Å². The van der Waals surface area contributed by atoms with Crippen LogP contribution in [0.5, 0.6) is 0 Å². The quantitative estimate of drug-likeness (QED) is 0.373. The Balaban J connectivity index is 1.55. The number of piperidine rings is 1. The maximum Gasteiger partial charge on any atom is 0.421 e. The molecule has 0 bridgehead atoms. The third kappa shape index (κ3) is 3.51. The predicted octanol–water partition coefficient (Wildman–Crippen LogP) is 2.12. The summed E-state index contributed by atoms with van der Waals surface area (Å²) in [5.41, 5.74) is 0.192. The lowest BCUT2D eigenvalue weighted by Crippen LogP contribution is -2.60. The molecule has 3 fully saturated rings. The van der Waals surface area contributed by atoms with Crippen LogP contribution in [0.25, 0.3) is 0 Å². The van der Waals surface area contributed by atoms with Crippen molar-refractivity contribution in [1.29, 1.82) is 0 Å². The number of hydrogen-bond acceptors (Lipinski definition) is 9. The molecule has 1 aromatic heterocycles. The van der Waals surface area contributed by atoms with Gasteiger partial charge in [-0.2, -0.15) is 4.98 Å². The molecule has 2 aliphatic heterocycles. The molecular formula is C22H25N3O6. The molecule has 0 N–H and O–H groups in total. The summed E-state index contributed by atoms with van der Waals surface area (Å²) in [7, 11) is 0. The number of esters is 2. The first-order valence-electron chi connectivity index (χ1n) is 10.7. The van der Waals surface area contributed by atoms with E-state index in [9.17, 15) is 9.59 Å². The van der Waals surface area contributed by atoms with Crippen molar-refractivity contribution in [1.82, 2.24) is 15.0 Å². The molecule has 3 heterocycles. The highest BCUT2D eigenvalue weighted by Gasteiger charge is 2.62. The number of nitrogens with zero attached hydrogens (tertiary/aromatic N) is 3. The number of rotatable bonds is 7. The Morgan fingerprint density at radius 3 is 2.58 bits per heavy atom. The van der Waals surface area contributed by atoms with Crippen LogP contribution in [-0.4, -0.2) is 59.2 Å². The Hall–Kier alpha value is -2.78. The van der Waals surface area contributed by atoms with Crippen LogP contribution >= 0.6 is 0 Å². The zero-order chi connectivity index (χ0) is 21.5. The Kier molecular flexibility index (Phi) is 5.02. The highest BCUT2D eigenvalue weighted by atomic mass is 16.8. The summed E-state index contributed by atoms with van der Waals surface area (Å²) in [5, 5.41) is 4.21. The number of hydrogen-bond donors (Lipinski definition) is 0. The van der Waals surface area contributed by atoms with Gasteiger partial charge in [0.15, 0.2) is 5.82 Å². The molecule has 2 aromatic rings. The van der Waals surface area contributed by atoms with E-state index in [0.29, 0.717) is 50.4 Å². The van der Waals surface area contributed by atoms with E-state index in [4.69, 9.17) is 23.7 Å². The van der Waals surface area contributed by atoms with Gasteiger partial charge in [-0.05, 0) is 31.7 Å². The van der Waals surface area contributed by atoms with Gasteiger partial charge in [-0.1, -0.05) is 35.5 Å². The summed E-state index contributed by atoms with van der Waals surface area (Å²) < 4.78 is 22.4. The minimum absolute atomic E-state index is 0.167. The Labute approximate surface area is 179 Å². The minimum atomic E-state index is -1.53. The fourth-order valence-corrected chi connectivity index (χ4v) is 4.52. The van der Waals surface area contributed by atoms with Gasteiger partial charge < -0.3 is 18.7 Å². The van der Waals surface area contributed by atoms with E-state index in [1.54, 1.807) is 0 Å². The zero-order valence-electron chi connectivity index (χ0n) is 17.4. The predicted molar refractivity (Wildman–Crippen MR) is 106 cm³/mol. The van der Waals surface area contributed by atoms with Gasteiger partial charge >= 0.3 is 17.8 Å². The average molecular weight is 427 g/mol.